The van der Waals surface area contributed by atoms with Crippen molar-refractivity contribution in [3.05, 3.63) is 118 Å². The molecular weight excluding hydrogens is 892 g/mol. The molecule has 0 radical (unpaired) electrons. The van der Waals surface area contributed by atoms with Crippen LogP contribution < -0.4 is 41.8 Å². The van der Waals surface area contributed by atoms with Crippen molar-refractivity contribution >= 4 is 45.5 Å². The molecule has 23 heteroatoms. The number of urea groups is 2. The minimum absolute atomic E-state index is 0.109. The van der Waals surface area contributed by atoms with Gasteiger partial charge in [-0.3, -0.25) is 21.7 Å². The first kappa shape index (κ1) is 49.7. The Balaban J connectivity index is 0.000000249. The van der Waals surface area contributed by atoms with Crippen molar-refractivity contribution in [2.45, 2.75) is 59.1 Å². The lowest BCUT2D eigenvalue weighted by Gasteiger charge is -2.17. The van der Waals surface area contributed by atoms with Crippen LogP contribution in [0.4, 0.5) is 60.7 Å². The number of carbonyl (C=O) groups excluding carboxylic acids is 2. The number of anilines is 2. The fourth-order valence-corrected chi connectivity index (χ4v) is 6.09. The number of carbonyl (C=O) groups is 2. The van der Waals surface area contributed by atoms with Gasteiger partial charge >= 0.3 is 30.6 Å². The average molecular weight is 935 g/mol. The quantitative estimate of drug-likeness (QED) is 0.0350. The molecule has 0 spiro atoms. The number of hydrogen-bond donors (Lipinski definition) is 6. The molecule has 0 fully saturated rings. The van der Waals surface area contributed by atoms with E-state index in [9.17, 15) is 49.1 Å². The summed E-state index contributed by atoms with van der Waals surface area (Å²) in [6.07, 6.45) is -13.7. The van der Waals surface area contributed by atoms with E-state index in [1.807, 2.05) is 74.9 Å². The highest BCUT2D eigenvalue weighted by molar-refractivity contribution is 5.93. The molecule has 0 saturated carbocycles. The van der Waals surface area contributed by atoms with Gasteiger partial charge in [-0.1, -0.05) is 53.6 Å². The van der Waals surface area contributed by atoms with Crippen molar-refractivity contribution < 1.29 is 58.6 Å². The van der Waals surface area contributed by atoms with E-state index >= 15 is 0 Å². The first-order valence-corrected chi connectivity index (χ1v) is 19.9. The normalized spacial score (nSPS) is 11.6. The van der Waals surface area contributed by atoms with Gasteiger partial charge in [0, 0.05) is 18.5 Å². The lowest BCUT2D eigenvalue weighted by Crippen LogP contribution is -2.40. The molecule has 0 aliphatic heterocycles. The van der Waals surface area contributed by atoms with Gasteiger partial charge in [0.05, 0.1) is 35.2 Å². The van der Waals surface area contributed by atoms with E-state index in [0.717, 1.165) is 40.1 Å². The summed E-state index contributed by atoms with van der Waals surface area (Å²) < 4.78 is 130. The van der Waals surface area contributed by atoms with Crippen molar-refractivity contribution in [3.8, 4) is 11.5 Å². The van der Waals surface area contributed by atoms with Gasteiger partial charge in [-0.05, 0) is 88.1 Å². The van der Waals surface area contributed by atoms with Crippen LogP contribution in [-0.2, 0) is 18.5 Å². The van der Waals surface area contributed by atoms with Crippen LogP contribution in [0.25, 0.3) is 21.8 Å². The molecule has 0 saturated heterocycles. The molecule has 352 valence electrons. The van der Waals surface area contributed by atoms with Crippen LogP contribution in [0.5, 0.6) is 11.5 Å². The summed E-state index contributed by atoms with van der Waals surface area (Å²) in [7, 11) is 0. The number of nitrogens with zero attached hydrogens (tertiary/aromatic N) is 4. The molecule has 0 atom stereocenters. The van der Waals surface area contributed by atoms with Crippen LogP contribution >= 0.6 is 0 Å². The van der Waals surface area contributed by atoms with Gasteiger partial charge in [-0.15, -0.1) is 0 Å². The number of aryl methyl sites for hydroxylation is 4. The van der Waals surface area contributed by atoms with E-state index in [0.29, 0.717) is 43.2 Å². The first-order chi connectivity index (χ1) is 31.1. The third-order valence-electron chi connectivity index (χ3n) is 9.12. The molecule has 6 N–H and O–H groups in total. The van der Waals surface area contributed by atoms with Gasteiger partial charge in [0.15, 0.2) is 11.6 Å². The van der Waals surface area contributed by atoms with Crippen LogP contribution in [0.2, 0.25) is 0 Å². The summed E-state index contributed by atoms with van der Waals surface area (Å²) in [4.78, 5) is 37.4. The van der Waals surface area contributed by atoms with Crippen LogP contribution in [-0.4, -0.2) is 58.3 Å². The van der Waals surface area contributed by atoms with Gasteiger partial charge in [0.25, 0.3) is 0 Å². The lowest BCUT2D eigenvalue weighted by atomic mass is 10.1. The first-order valence-electron chi connectivity index (χ1n) is 19.9. The molecule has 4 amide bonds. The second kappa shape index (κ2) is 21.6. The molecule has 2 aromatic heterocycles. The number of benzene rings is 4. The summed E-state index contributed by atoms with van der Waals surface area (Å²) in [6, 6.07) is 18.9. The zero-order valence-electron chi connectivity index (χ0n) is 35.6. The van der Waals surface area contributed by atoms with Crippen molar-refractivity contribution in [2.24, 2.45) is 0 Å². The lowest BCUT2D eigenvalue weighted by molar-refractivity contribution is -0.145. The Morgan fingerprint density at radius 1 is 0.545 bits per heavy atom. The Morgan fingerprint density at radius 3 is 1.52 bits per heavy atom. The smallest absolute Gasteiger partial charge is 0.451 e. The minimum atomic E-state index is -5.02. The third-order valence-corrected chi connectivity index (χ3v) is 9.12. The Labute approximate surface area is 371 Å². The van der Waals surface area contributed by atoms with Crippen molar-refractivity contribution in [1.29, 1.82) is 0 Å². The molecule has 66 heavy (non-hydrogen) atoms. The largest absolute Gasteiger partial charge is 0.493 e. The summed E-state index contributed by atoms with van der Waals surface area (Å²) in [5.74, 6) is -2.46. The molecule has 6 aromatic rings. The number of para-hydroxylation sites is 1. The van der Waals surface area contributed by atoms with Gasteiger partial charge < -0.3 is 20.1 Å². The molecule has 0 bridgehead atoms. The van der Waals surface area contributed by atoms with Crippen LogP contribution in [0.3, 0.4) is 0 Å². The number of hydrazine groups is 2. The summed E-state index contributed by atoms with van der Waals surface area (Å²) >= 11 is 0. The number of halogens is 9. The summed E-state index contributed by atoms with van der Waals surface area (Å²) in [5, 5.41) is 4.65. The highest BCUT2D eigenvalue weighted by Gasteiger charge is 2.39. The zero-order chi connectivity index (χ0) is 48.2. The zero-order valence-corrected chi connectivity index (χ0v) is 35.6. The highest BCUT2D eigenvalue weighted by atomic mass is 19.4. The predicted octanol–water partition coefficient (Wildman–Crippen LogP) is 9.74. The van der Waals surface area contributed by atoms with E-state index in [2.05, 4.69) is 41.4 Å². The van der Waals surface area contributed by atoms with Crippen LogP contribution in [0.1, 0.15) is 52.3 Å². The SMILES string of the molecule is Cc1ccc(OCCCNC(=O)NNc2nc(C(F)(F)F)nc3cccc(C(F)(F)F)c23)c(C)c1.Cc1ccc(OCCCNC(=O)NNc2nc(C(F)(F)F)nc3ccccc23)c(C)c1. The van der Waals surface area contributed by atoms with E-state index in [-0.39, 0.29) is 24.5 Å². The molecule has 14 nitrogen and oxygen atoms in total. The standard InChI is InChI=1S/C22H21F6N5O2.C21H22F3N5O2/c1-12-7-8-16(13(2)11-12)35-10-4-9-29-20(34)33-32-18-17-14(21(23,24)25)5-3-6-15(17)30-19(31-18)22(26,27)28;1-13-8-9-17(14(2)12-13)31-11-5-10-25-20(30)29-28-18-15-6-3-4-7-16(15)26-19(27-18)21(22,23)24/h3,5-8,11H,4,9-10H2,1-2H3,(H2,29,33,34)(H,30,31,32);3-4,6-9,12H,5,10-11H2,1-2H3,(H2,25,29,30)(H,26,27,28). The number of aromatic nitrogens is 4. The van der Waals surface area contributed by atoms with Crippen LogP contribution in [0, 0.1) is 27.7 Å². The van der Waals surface area contributed by atoms with Gasteiger partial charge in [-0.2, -0.15) is 39.5 Å². The summed E-state index contributed by atoms with van der Waals surface area (Å²) in [6.45, 7) is 8.93. The fraction of sp³-hybridized carbons (Fsp3) is 0.302. The Hall–Kier alpha value is -7.33. The molecule has 4 aromatic carbocycles. The number of hydrogen-bond acceptors (Lipinski definition) is 10. The van der Waals surface area contributed by atoms with E-state index in [4.69, 9.17) is 9.47 Å². The van der Waals surface area contributed by atoms with Gasteiger partial charge in [-0.25, -0.2) is 29.5 Å². The number of alkyl halides is 9. The van der Waals surface area contributed by atoms with Crippen molar-refractivity contribution in [1.82, 2.24) is 41.4 Å². The van der Waals surface area contributed by atoms with E-state index < -0.39 is 64.5 Å². The highest BCUT2D eigenvalue weighted by Crippen LogP contribution is 2.39. The number of amides is 4. The second-order valence-corrected chi connectivity index (χ2v) is 14.5. The minimum Gasteiger partial charge on any atom is -0.493 e. The van der Waals surface area contributed by atoms with Crippen molar-refractivity contribution in [2.75, 3.05) is 37.2 Å². The summed E-state index contributed by atoms with van der Waals surface area (Å²) in [5.41, 5.74) is 11.3. The Morgan fingerprint density at radius 2 is 1.02 bits per heavy atom. The van der Waals surface area contributed by atoms with Crippen LogP contribution in [0.15, 0.2) is 78.9 Å². The molecule has 6 rings (SSSR count). The monoisotopic (exact) mass is 934 g/mol. The number of rotatable bonds is 14. The van der Waals surface area contributed by atoms with E-state index in [1.54, 1.807) is 18.2 Å². The number of ether oxygens (including phenoxy) is 2. The predicted molar refractivity (Wildman–Crippen MR) is 226 cm³/mol. The third kappa shape index (κ3) is 14.1. The van der Waals surface area contributed by atoms with Gasteiger partial charge in [0.2, 0.25) is 11.6 Å². The number of fused-ring (bicyclic) bond motifs is 2. The molecule has 0 aliphatic carbocycles. The van der Waals surface area contributed by atoms with Gasteiger partial charge in [0.1, 0.15) is 11.5 Å². The molecule has 2 heterocycles. The fourth-order valence-electron chi connectivity index (χ4n) is 6.09. The van der Waals surface area contributed by atoms with E-state index in [1.165, 1.54) is 6.07 Å². The average Bonchev–Trinajstić information content (AvgIpc) is 3.24. The Bertz CT molecular complexity index is 2650. The topological polar surface area (TPSA) is 176 Å². The maximum Gasteiger partial charge on any atom is 0.451 e. The second-order valence-electron chi connectivity index (χ2n) is 14.5. The maximum absolute atomic E-state index is 13.4. The van der Waals surface area contributed by atoms with Crippen molar-refractivity contribution in [3.63, 3.8) is 0 Å². The maximum atomic E-state index is 13.4. The molecular formula is C43H43F9N10O4. The Kier molecular flexibility index (Phi) is 16.2. The number of nitrogens with one attached hydrogen (secondary N) is 6. The molecule has 0 aliphatic rings. The molecule has 0 unspecified atom stereocenters.